The van der Waals surface area contributed by atoms with Gasteiger partial charge in [-0.25, -0.2) is 8.42 Å². The zero-order valence-corrected chi connectivity index (χ0v) is 26.4. The van der Waals surface area contributed by atoms with Crippen LogP contribution in [-0.2, 0) is 14.8 Å². The third-order valence-corrected chi connectivity index (χ3v) is 11.3. The number of unbranched alkanes of at least 4 members (excludes halogenated alkanes) is 2. The number of hydrogen-bond acceptors (Lipinski definition) is 6. The number of piperidine rings is 1. The molecule has 43 heavy (non-hydrogen) atoms. The number of carbonyl (C=O) groups is 1. The van der Waals surface area contributed by atoms with Crippen LogP contribution in [0, 0.1) is 5.41 Å². The fraction of sp³-hybridized carbons (Fsp3) is 0.576. The molecule has 0 bridgehead atoms. The van der Waals surface area contributed by atoms with Crippen LogP contribution in [0.25, 0.3) is 0 Å². The number of nitrogens with two attached hydrogens (primary N) is 1. The SMILES string of the molecule is C[C@@H]1CCC[C@H](C)N1CCCCCN1C(=O)C(c2cccc(C(=N)N)c2)Oc2ccc(NS(=O)(=O)C3CCCCC3)cc21. The molecule has 1 saturated heterocycles. The molecule has 234 valence electrons. The van der Waals surface area contributed by atoms with Gasteiger partial charge in [-0.15, -0.1) is 0 Å². The van der Waals surface area contributed by atoms with Crippen LogP contribution in [0.5, 0.6) is 5.75 Å². The Morgan fingerprint density at radius 1 is 0.953 bits per heavy atom. The summed E-state index contributed by atoms with van der Waals surface area (Å²) in [4.78, 5) is 18.3. The summed E-state index contributed by atoms with van der Waals surface area (Å²) < 4.78 is 35.4. The number of fused-ring (bicyclic) bond motifs is 1. The number of sulfonamides is 1. The molecule has 9 nitrogen and oxygen atoms in total. The maximum Gasteiger partial charge on any atom is 0.272 e. The predicted octanol–water partition coefficient (Wildman–Crippen LogP) is 5.94. The van der Waals surface area contributed by atoms with Gasteiger partial charge in [-0.05, 0) is 83.2 Å². The van der Waals surface area contributed by atoms with Crippen molar-refractivity contribution in [2.75, 3.05) is 22.7 Å². The van der Waals surface area contributed by atoms with E-state index < -0.39 is 21.4 Å². The van der Waals surface area contributed by atoms with Crippen molar-refractivity contribution >= 4 is 33.1 Å². The molecule has 3 atom stereocenters. The second-order valence-corrected chi connectivity index (χ2v) is 14.5. The number of amides is 1. The van der Waals surface area contributed by atoms with Crippen molar-refractivity contribution < 1.29 is 17.9 Å². The van der Waals surface area contributed by atoms with Crippen LogP contribution in [0.15, 0.2) is 42.5 Å². The summed E-state index contributed by atoms with van der Waals surface area (Å²) in [5, 5.41) is 7.44. The standard InChI is InChI=1S/C33H47N5O4S/c1-23-11-9-12-24(2)37(23)19-7-4-8-20-38-29-22-27(36-43(40,41)28-15-5-3-6-16-28)17-18-30(29)42-31(33(38)39)25-13-10-14-26(21-25)32(34)35/h10,13-14,17-18,21-24,28,31,36H,3-9,11-12,15-16,19-20H2,1-2H3,(H3,34,35)/t23-,24+,31?. The number of hydrogen-bond donors (Lipinski definition) is 3. The molecule has 1 saturated carbocycles. The van der Waals surface area contributed by atoms with Gasteiger partial charge in [-0.2, -0.15) is 0 Å². The van der Waals surface area contributed by atoms with E-state index in [1.807, 2.05) is 6.07 Å². The molecule has 4 N–H and O–H groups in total. The number of anilines is 2. The highest BCUT2D eigenvalue weighted by atomic mass is 32.2. The number of ether oxygens (including phenoxy) is 1. The van der Waals surface area contributed by atoms with Crippen molar-refractivity contribution in [3.63, 3.8) is 0 Å². The van der Waals surface area contributed by atoms with Gasteiger partial charge in [0.05, 0.1) is 16.6 Å². The van der Waals surface area contributed by atoms with Gasteiger partial charge in [0.25, 0.3) is 5.91 Å². The first-order chi connectivity index (χ1) is 20.6. The van der Waals surface area contributed by atoms with Crippen LogP contribution in [0.3, 0.4) is 0 Å². The Labute approximate surface area is 256 Å². The first-order valence-corrected chi connectivity index (χ1v) is 17.5. The number of benzene rings is 2. The maximum atomic E-state index is 14.0. The third kappa shape index (κ3) is 7.34. The van der Waals surface area contributed by atoms with Crippen molar-refractivity contribution in [3.05, 3.63) is 53.6 Å². The zero-order chi connectivity index (χ0) is 30.6. The van der Waals surface area contributed by atoms with Crippen molar-refractivity contribution in [2.24, 2.45) is 5.73 Å². The summed E-state index contributed by atoms with van der Waals surface area (Å²) in [5.41, 5.74) is 7.90. The monoisotopic (exact) mass is 609 g/mol. The second-order valence-electron chi connectivity index (χ2n) is 12.5. The largest absolute Gasteiger partial charge is 0.474 e. The molecule has 2 aliphatic heterocycles. The molecule has 1 aliphatic carbocycles. The minimum Gasteiger partial charge on any atom is -0.474 e. The highest BCUT2D eigenvalue weighted by Crippen LogP contribution is 2.41. The van der Waals surface area contributed by atoms with E-state index >= 15 is 0 Å². The molecule has 2 heterocycles. The van der Waals surface area contributed by atoms with E-state index in [0.29, 0.717) is 59.7 Å². The molecule has 2 aromatic rings. The molecular formula is C33H47N5O4S. The van der Waals surface area contributed by atoms with E-state index in [1.54, 1.807) is 41.3 Å². The van der Waals surface area contributed by atoms with Crippen LogP contribution < -0.4 is 20.1 Å². The van der Waals surface area contributed by atoms with Gasteiger partial charge in [-0.3, -0.25) is 19.8 Å². The number of likely N-dealkylation sites (tertiary alicyclic amines) is 1. The van der Waals surface area contributed by atoms with Gasteiger partial charge >= 0.3 is 0 Å². The Kier molecular flexibility index (Phi) is 9.96. The fourth-order valence-corrected chi connectivity index (χ4v) is 8.50. The van der Waals surface area contributed by atoms with Crippen LogP contribution in [-0.4, -0.2) is 55.5 Å². The molecule has 1 unspecified atom stereocenters. The highest BCUT2D eigenvalue weighted by molar-refractivity contribution is 7.93. The van der Waals surface area contributed by atoms with Crippen molar-refractivity contribution in [3.8, 4) is 5.75 Å². The predicted molar refractivity (Wildman–Crippen MR) is 172 cm³/mol. The summed E-state index contributed by atoms with van der Waals surface area (Å²) >= 11 is 0. The average Bonchev–Trinajstić information content (AvgIpc) is 2.99. The minimum absolute atomic E-state index is 0.0744. The third-order valence-electron chi connectivity index (χ3n) is 9.41. The van der Waals surface area contributed by atoms with Gasteiger partial charge in [0, 0.05) is 29.8 Å². The molecule has 1 amide bonds. The number of carbonyl (C=O) groups excluding carboxylic acids is 1. The second kappa shape index (κ2) is 13.7. The molecule has 0 radical (unpaired) electrons. The van der Waals surface area contributed by atoms with Crippen molar-refractivity contribution in [1.29, 1.82) is 5.41 Å². The van der Waals surface area contributed by atoms with Gasteiger partial charge < -0.3 is 15.4 Å². The molecule has 2 fully saturated rings. The molecule has 0 spiro atoms. The van der Waals surface area contributed by atoms with E-state index in [-0.39, 0.29) is 11.7 Å². The minimum atomic E-state index is -3.54. The zero-order valence-electron chi connectivity index (χ0n) is 25.6. The van der Waals surface area contributed by atoms with E-state index in [2.05, 4.69) is 23.5 Å². The van der Waals surface area contributed by atoms with Crippen LogP contribution in [0.1, 0.15) is 102 Å². The highest BCUT2D eigenvalue weighted by Gasteiger charge is 2.36. The lowest BCUT2D eigenvalue weighted by molar-refractivity contribution is -0.126. The fourth-order valence-electron chi connectivity index (χ4n) is 6.92. The lowest BCUT2D eigenvalue weighted by Crippen LogP contribution is -2.44. The van der Waals surface area contributed by atoms with Crippen LogP contribution in [0.2, 0.25) is 0 Å². The van der Waals surface area contributed by atoms with E-state index in [4.69, 9.17) is 15.9 Å². The summed E-state index contributed by atoms with van der Waals surface area (Å²) in [5.74, 6) is 0.239. The van der Waals surface area contributed by atoms with E-state index in [1.165, 1.54) is 19.3 Å². The first kappa shape index (κ1) is 31.3. The summed E-state index contributed by atoms with van der Waals surface area (Å²) in [6.07, 6.45) is 10.0. The molecule has 2 aromatic carbocycles. The summed E-state index contributed by atoms with van der Waals surface area (Å²) in [7, 11) is -3.54. The first-order valence-electron chi connectivity index (χ1n) is 16.0. The molecule has 3 aliphatic rings. The van der Waals surface area contributed by atoms with Crippen LogP contribution >= 0.6 is 0 Å². The van der Waals surface area contributed by atoms with Gasteiger partial charge in [0.2, 0.25) is 16.1 Å². The normalized spacial score (nSPS) is 23.4. The summed E-state index contributed by atoms with van der Waals surface area (Å²) in [6.45, 7) is 6.20. The number of rotatable bonds is 11. The number of nitrogen functional groups attached to an aromatic ring is 1. The number of nitrogens with one attached hydrogen (secondary N) is 2. The molecule has 5 rings (SSSR count). The molecular weight excluding hydrogens is 562 g/mol. The average molecular weight is 610 g/mol. The number of amidine groups is 1. The Hall–Kier alpha value is -3.11. The molecule has 0 aromatic heterocycles. The van der Waals surface area contributed by atoms with E-state index in [9.17, 15) is 13.2 Å². The van der Waals surface area contributed by atoms with Gasteiger partial charge in [0.1, 0.15) is 11.6 Å². The van der Waals surface area contributed by atoms with Crippen LogP contribution in [0.4, 0.5) is 11.4 Å². The Morgan fingerprint density at radius 2 is 1.67 bits per heavy atom. The number of nitrogens with zero attached hydrogens (tertiary/aromatic N) is 2. The Bertz CT molecular complexity index is 1400. The van der Waals surface area contributed by atoms with E-state index in [0.717, 1.165) is 45.1 Å². The van der Waals surface area contributed by atoms with Gasteiger partial charge in [-0.1, -0.05) is 50.3 Å². The lowest BCUT2D eigenvalue weighted by atomic mass is 9.97. The Morgan fingerprint density at radius 3 is 2.40 bits per heavy atom. The van der Waals surface area contributed by atoms with Crippen molar-refractivity contribution in [2.45, 2.75) is 108 Å². The maximum absolute atomic E-state index is 14.0. The quantitative estimate of drug-likeness (QED) is 0.164. The smallest absolute Gasteiger partial charge is 0.272 e. The topological polar surface area (TPSA) is 129 Å². The Balaban J connectivity index is 1.34. The van der Waals surface area contributed by atoms with Gasteiger partial charge in [0.15, 0.2) is 0 Å². The lowest BCUT2D eigenvalue weighted by Gasteiger charge is -2.39. The molecule has 10 heteroatoms. The summed E-state index contributed by atoms with van der Waals surface area (Å²) in [6, 6.07) is 13.4. The van der Waals surface area contributed by atoms with Crippen molar-refractivity contribution in [1.82, 2.24) is 4.90 Å².